The fourth-order valence-corrected chi connectivity index (χ4v) is 1.36. The van der Waals surface area contributed by atoms with Crippen molar-refractivity contribution in [3.8, 4) is 6.07 Å². The van der Waals surface area contributed by atoms with Crippen LogP contribution in [0, 0.1) is 17.2 Å². The van der Waals surface area contributed by atoms with E-state index >= 15 is 0 Å². The lowest BCUT2D eigenvalue weighted by atomic mass is 10.0. The fraction of sp³-hybridized carbons (Fsp3) is 0.250. The van der Waals surface area contributed by atoms with Crippen LogP contribution in [0.15, 0.2) is 16.8 Å². The van der Waals surface area contributed by atoms with Crippen molar-refractivity contribution < 1.29 is 4.79 Å². The van der Waals surface area contributed by atoms with Crippen LogP contribution in [0.1, 0.15) is 17.3 Å². The van der Waals surface area contributed by atoms with E-state index in [0.29, 0.717) is 5.56 Å². The molecule has 1 atom stereocenters. The number of nitriles is 1. The molecule has 0 radical (unpaired) electrons. The largest absolute Gasteiger partial charge is 0.293 e. The van der Waals surface area contributed by atoms with Gasteiger partial charge in [0, 0.05) is 10.9 Å². The lowest BCUT2D eigenvalue weighted by Crippen LogP contribution is -2.07. The minimum atomic E-state index is -0.524. The van der Waals surface area contributed by atoms with E-state index in [-0.39, 0.29) is 5.78 Å². The van der Waals surface area contributed by atoms with Gasteiger partial charge < -0.3 is 0 Å². The SMILES string of the molecule is CC(C#N)C(=O)c1ccsc1. The molecule has 0 fully saturated rings. The molecule has 2 nitrogen and oxygen atoms in total. The molecule has 56 valence electrons. The maximum atomic E-state index is 11.2. The zero-order valence-corrected chi connectivity index (χ0v) is 6.89. The third-order valence-electron chi connectivity index (χ3n) is 1.39. The van der Waals surface area contributed by atoms with Crippen LogP contribution < -0.4 is 0 Å². The van der Waals surface area contributed by atoms with Crippen molar-refractivity contribution in [1.82, 2.24) is 0 Å². The number of carbonyl (C=O) groups excluding carboxylic acids is 1. The normalized spacial score (nSPS) is 12.0. The second kappa shape index (κ2) is 3.31. The monoisotopic (exact) mass is 165 g/mol. The quantitative estimate of drug-likeness (QED) is 0.629. The summed E-state index contributed by atoms with van der Waals surface area (Å²) < 4.78 is 0. The van der Waals surface area contributed by atoms with Gasteiger partial charge in [0.2, 0.25) is 0 Å². The number of Topliss-reactive ketones (excluding diaryl/α,β-unsaturated/α-hetero) is 1. The Bertz CT molecular complexity index is 284. The Morgan fingerprint density at radius 2 is 2.55 bits per heavy atom. The minimum absolute atomic E-state index is 0.0891. The number of hydrogen-bond acceptors (Lipinski definition) is 3. The summed E-state index contributed by atoms with van der Waals surface area (Å²) in [5.41, 5.74) is 0.643. The number of ketones is 1. The fourth-order valence-electron chi connectivity index (χ4n) is 0.713. The number of hydrogen-bond donors (Lipinski definition) is 0. The van der Waals surface area contributed by atoms with Crippen LogP contribution in [0.5, 0.6) is 0 Å². The predicted octanol–water partition coefficient (Wildman–Crippen LogP) is 2.09. The first-order valence-corrected chi connectivity index (χ1v) is 4.16. The van der Waals surface area contributed by atoms with Crippen LogP contribution >= 0.6 is 11.3 Å². The summed E-state index contributed by atoms with van der Waals surface area (Å²) in [7, 11) is 0. The highest BCUT2D eigenvalue weighted by Crippen LogP contribution is 2.11. The van der Waals surface area contributed by atoms with Crippen molar-refractivity contribution in [3.05, 3.63) is 22.4 Å². The van der Waals surface area contributed by atoms with Crippen molar-refractivity contribution in [3.63, 3.8) is 0 Å². The Kier molecular flexibility index (Phi) is 2.40. The van der Waals surface area contributed by atoms with Gasteiger partial charge in [0.25, 0.3) is 0 Å². The highest BCUT2D eigenvalue weighted by molar-refractivity contribution is 7.08. The molecule has 3 heteroatoms. The van der Waals surface area contributed by atoms with Crippen LogP contribution in [0.2, 0.25) is 0 Å². The Hall–Kier alpha value is -1.14. The van der Waals surface area contributed by atoms with Crippen molar-refractivity contribution >= 4 is 17.1 Å². The van der Waals surface area contributed by atoms with Gasteiger partial charge in [-0.25, -0.2) is 0 Å². The Balaban J connectivity index is 2.81. The third-order valence-corrected chi connectivity index (χ3v) is 2.08. The number of thiophene rings is 1. The van der Waals surface area contributed by atoms with Gasteiger partial charge in [0.1, 0.15) is 5.92 Å². The van der Waals surface area contributed by atoms with Crippen molar-refractivity contribution in [2.45, 2.75) is 6.92 Å². The standard InChI is InChI=1S/C8H7NOS/c1-6(4-9)8(10)7-2-3-11-5-7/h2-3,5-6H,1H3. The Morgan fingerprint density at radius 3 is 3.00 bits per heavy atom. The lowest BCUT2D eigenvalue weighted by Gasteiger charge is -1.96. The first kappa shape index (κ1) is 7.96. The van der Waals surface area contributed by atoms with Gasteiger partial charge in [0.05, 0.1) is 6.07 Å². The molecule has 0 saturated carbocycles. The highest BCUT2D eigenvalue weighted by Gasteiger charge is 2.13. The molecule has 1 heterocycles. The van der Waals surface area contributed by atoms with E-state index in [1.54, 1.807) is 18.4 Å². The van der Waals surface area contributed by atoms with Gasteiger partial charge in [-0.15, -0.1) is 0 Å². The molecule has 1 rings (SSSR count). The highest BCUT2D eigenvalue weighted by atomic mass is 32.1. The Morgan fingerprint density at radius 1 is 1.82 bits per heavy atom. The molecule has 0 N–H and O–H groups in total. The maximum absolute atomic E-state index is 11.2. The number of carbonyl (C=O) groups is 1. The second-order valence-electron chi connectivity index (χ2n) is 2.23. The minimum Gasteiger partial charge on any atom is -0.293 e. The lowest BCUT2D eigenvalue weighted by molar-refractivity contribution is 0.0957. The first-order valence-electron chi connectivity index (χ1n) is 3.21. The topological polar surface area (TPSA) is 40.9 Å². The zero-order chi connectivity index (χ0) is 8.27. The van der Waals surface area contributed by atoms with Gasteiger partial charge in [-0.2, -0.15) is 16.6 Å². The first-order chi connectivity index (χ1) is 5.25. The van der Waals surface area contributed by atoms with E-state index in [9.17, 15) is 4.79 Å². The van der Waals surface area contributed by atoms with Gasteiger partial charge >= 0.3 is 0 Å². The van der Waals surface area contributed by atoms with Crippen LogP contribution in [0.4, 0.5) is 0 Å². The van der Waals surface area contributed by atoms with Gasteiger partial charge in [-0.05, 0) is 18.4 Å². The van der Waals surface area contributed by atoms with E-state index in [4.69, 9.17) is 5.26 Å². The summed E-state index contributed by atoms with van der Waals surface area (Å²) in [4.78, 5) is 11.2. The molecule has 11 heavy (non-hydrogen) atoms. The van der Waals surface area contributed by atoms with Crippen LogP contribution in [0.3, 0.4) is 0 Å². The average Bonchev–Trinajstić information content (AvgIpc) is 2.53. The molecule has 0 aliphatic carbocycles. The van der Waals surface area contributed by atoms with Crippen LogP contribution in [0.25, 0.3) is 0 Å². The molecule has 0 amide bonds. The average molecular weight is 165 g/mol. The smallest absolute Gasteiger partial charge is 0.180 e. The summed E-state index contributed by atoms with van der Waals surface area (Å²) in [6, 6.07) is 3.64. The molecular formula is C8H7NOS. The van der Waals surface area contributed by atoms with Crippen LogP contribution in [-0.2, 0) is 0 Å². The molecule has 0 spiro atoms. The summed E-state index contributed by atoms with van der Waals surface area (Å²) in [6.45, 7) is 1.61. The third kappa shape index (κ3) is 1.66. The molecule has 0 saturated heterocycles. The molecular weight excluding hydrogens is 158 g/mol. The van der Waals surface area contributed by atoms with Gasteiger partial charge in [-0.3, -0.25) is 4.79 Å². The van der Waals surface area contributed by atoms with E-state index in [0.717, 1.165) is 0 Å². The molecule has 0 aliphatic rings. The molecule has 1 aromatic rings. The van der Waals surface area contributed by atoms with E-state index in [1.807, 2.05) is 11.4 Å². The molecule has 0 aliphatic heterocycles. The van der Waals surface area contributed by atoms with E-state index < -0.39 is 5.92 Å². The molecule has 0 aromatic carbocycles. The molecule has 1 unspecified atom stereocenters. The molecule has 0 bridgehead atoms. The number of nitrogens with zero attached hydrogens (tertiary/aromatic N) is 1. The summed E-state index contributed by atoms with van der Waals surface area (Å²) in [6.07, 6.45) is 0. The van der Waals surface area contributed by atoms with Gasteiger partial charge in [-0.1, -0.05) is 0 Å². The Labute approximate surface area is 69.1 Å². The van der Waals surface area contributed by atoms with Crippen LogP contribution in [-0.4, -0.2) is 5.78 Å². The summed E-state index contributed by atoms with van der Waals surface area (Å²) >= 11 is 1.47. The van der Waals surface area contributed by atoms with Crippen molar-refractivity contribution in [2.75, 3.05) is 0 Å². The summed E-state index contributed by atoms with van der Waals surface area (Å²) in [5, 5.41) is 12.0. The maximum Gasteiger partial charge on any atom is 0.180 e. The van der Waals surface area contributed by atoms with Gasteiger partial charge in [0.15, 0.2) is 5.78 Å². The summed E-state index contributed by atoms with van der Waals surface area (Å²) in [5.74, 6) is -0.613. The zero-order valence-electron chi connectivity index (χ0n) is 6.07. The second-order valence-corrected chi connectivity index (χ2v) is 3.01. The van der Waals surface area contributed by atoms with E-state index in [1.165, 1.54) is 11.3 Å². The van der Waals surface area contributed by atoms with E-state index in [2.05, 4.69) is 0 Å². The number of rotatable bonds is 2. The molecule has 1 aromatic heterocycles. The predicted molar refractivity (Wildman–Crippen MR) is 43.4 cm³/mol. The van der Waals surface area contributed by atoms with Crippen molar-refractivity contribution in [2.24, 2.45) is 5.92 Å². The van der Waals surface area contributed by atoms with Crippen molar-refractivity contribution in [1.29, 1.82) is 5.26 Å².